The molecular weight excluding hydrogens is 379 g/mol. The Morgan fingerprint density at radius 2 is 0.667 bits per heavy atom. The largest absolute Gasteiger partial charge is 0.381 e. The van der Waals surface area contributed by atoms with Crippen molar-refractivity contribution < 1.29 is 4.74 Å². The summed E-state index contributed by atoms with van der Waals surface area (Å²) in [4.78, 5) is 0. The quantitative estimate of drug-likeness (QED) is 0.107. The van der Waals surface area contributed by atoms with Crippen LogP contribution in [0, 0.1) is 0 Å². The molecule has 0 N–H and O–H groups in total. The molecule has 0 aliphatic heterocycles. The lowest BCUT2D eigenvalue weighted by Crippen LogP contribution is -1.97. The molecule has 0 aliphatic rings. The molecule has 0 saturated heterocycles. The summed E-state index contributed by atoms with van der Waals surface area (Å²) in [6, 6.07) is 0. The summed E-state index contributed by atoms with van der Waals surface area (Å²) in [6.45, 7) is 11.1. The molecule has 0 aromatic heterocycles. The van der Waals surface area contributed by atoms with E-state index in [1.807, 2.05) is 0 Å². The highest BCUT2D eigenvalue weighted by molar-refractivity contribution is 6.35. The van der Waals surface area contributed by atoms with Gasteiger partial charge in [0.05, 0.1) is 0 Å². The summed E-state index contributed by atoms with van der Waals surface area (Å²) >= 11 is 0.805. The SMILES string of the molecule is CCCCCCCCOCCCCCCCC.CCCCC[CH2][Al][CH2]CCCCC. The molecule has 181 valence electrons. The molecule has 0 aliphatic carbocycles. The van der Waals surface area contributed by atoms with Crippen LogP contribution >= 0.6 is 0 Å². The highest BCUT2D eigenvalue weighted by Crippen LogP contribution is 2.08. The Bertz CT molecular complexity index is 233. The van der Waals surface area contributed by atoms with Gasteiger partial charge < -0.3 is 4.74 Å². The highest BCUT2D eigenvalue weighted by Gasteiger charge is 1.94. The summed E-state index contributed by atoms with van der Waals surface area (Å²) in [5, 5.41) is 3.12. The normalized spacial score (nSPS) is 10.7. The van der Waals surface area contributed by atoms with E-state index in [0.717, 1.165) is 28.4 Å². The van der Waals surface area contributed by atoms with E-state index in [4.69, 9.17) is 4.74 Å². The molecule has 0 amide bonds. The molecular formula is C28H60AlO. The molecule has 1 radical (unpaired) electrons. The van der Waals surface area contributed by atoms with Crippen LogP contribution in [0.2, 0.25) is 10.6 Å². The Morgan fingerprint density at radius 1 is 0.367 bits per heavy atom. The van der Waals surface area contributed by atoms with Crippen LogP contribution in [0.25, 0.3) is 0 Å². The minimum absolute atomic E-state index is 0.805. The van der Waals surface area contributed by atoms with Crippen molar-refractivity contribution in [1.29, 1.82) is 0 Å². The average molecular weight is 440 g/mol. The molecule has 0 spiro atoms. The third kappa shape index (κ3) is 35.9. The van der Waals surface area contributed by atoms with Crippen LogP contribution in [0.3, 0.4) is 0 Å². The van der Waals surface area contributed by atoms with Gasteiger partial charge in [-0.1, -0.05) is 143 Å². The van der Waals surface area contributed by atoms with Gasteiger partial charge in [-0.2, -0.15) is 0 Å². The Labute approximate surface area is 199 Å². The van der Waals surface area contributed by atoms with Crippen LogP contribution in [-0.2, 0) is 4.74 Å². The van der Waals surface area contributed by atoms with Gasteiger partial charge in [0.1, 0.15) is 0 Å². The summed E-state index contributed by atoms with van der Waals surface area (Å²) in [6.07, 6.45) is 28.0. The van der Waals surface area contributed by atoms with E-state index in [-0.39, 0.29) is 0 Å². The van der Waals surface area contributed by atoms with Crippen molar-refractivity contribution in [1.82, 2.24) is 0 Å². The maximum atomic E-state index is 5.65. The number of hydrogen-bond acceptors (Lipinski definition) is 1. The Hall–Kier alpha value is 0.492. The maximum Gasteiger partial charge on any atom is 0.199 e. The fraction of sp³-hybridized carbons (Fsp3) is 1.00. The highest BCUT2D eigenvalue weighted by atomic mass is 27.1. The number of ether oxygens (including phenoxy) is 1. The van der Waals surface area contributed by atoms with Crippen LogP contribution in [0.15, 0.2) is 0 Å². The van der Waals surface area contributed by atoms with E-state index < -0.39 is 0 Å². The zero-order valence-electron chi connectivity index (χ0n) is 22.0. The summed E-state index contributed by atoms with van der Waals surface area (Å²) in [5.41, 5.74) is 0. The topological polar surface area (TPSA) is 9.23 Å². The molecule has 0 aromatic rings. The molecule has 0 bridgehead atoms. The van der Waals surface area contributed by atoms with Crippen molar-refractivity contribution in [2.75, 3.05) is 13.2 Å². The molecule has 0 heterocycles. The Morgan fingerprint density at radius 3 is 1.03 bits per heavy atom. The van der Waals surface area contributed by atoms with E-state index in [1.54, 1.807) is 10.6 Å². The third-order valence-corrected chi connectivity index (χ3v) is 7.44. The van der Waals surface area contributed by atoms with Crippen LogP contribution in [-0.4, -0.2) is 28.4 Å². The van der Waals surface area contributed by atoms with Gasteiger partial charge in [0.25, 0.3) is 0 Å². The predicted molar refractivity (Wildman–Crippen MR) is 141 cm³/mol. The molecule has 0 unspecified atom stereocenters. The van der Waals surface area contributed by atoms with Crippen LogP contribution in [0.5, 0.6) is 0 Å². The number of rotatable bonds is 24. The minimum Gasteiger partial charge on any atom is -0.381 e. The van der Waals surface area contributed by atoms with Crippen molar-refractivity contribution in [3.05, 3.63) is 0 Å². The molecule has 0 rings (SSSR count). The lowest BCUT2D eigenvalue weighted by Gasteiger charge is -2.04. The zero-order valence-corrected chi connectivity index (χ0v) is 23.1. The first-order valence-corrected chi connectivity index (χ1v) is 15.9. The van der Waals surface area contributed by atoms with E-state index in [2.05, 4.69) is 27.7 Å². The monoisotopic (exact) mass is 439 g/mol. The lowest BCUT2D eigenvalue weighted by atomic mass is 10.1. The van der Waals surface area contributed by atoms with Gasteiger partial charge in [0.15, 0.2) is 15.2 Å². The van der Waals surface area contributed by atoms with Crippen molar-refractivity contribution in [3.8, 4) is 0 Å². The Balaban J connectivity index is 0. The smallest absolute Gasteiger partial charge is 0.199 e. The fourth-order valence-electron chi connectivity index (χ4n) is 3.65. The first-order chi connectivity index (χ1) is 14.8. The first-order valence-electron chi connectivity index (χ1n) is 14.2. The van der Waals surface area contributed by atoms with Crippen LogP contribution in [0.1, 0.15) is 156 Å². The maximum absolute atomic E-state index is 5.65. The van der Waals surface area contributed by atoms with E-state index in [1.165, 1.54) is 128 Å². The van der Waals surface area contributed by atoms with Gasteiger partial charge in [-0.25, -0.2) is 0 Å². The van der Waals surface area contributed by atoms with Crippen molar-refractivity contribution >= 4 is 15.2 Å². The second-order valence-electron chi connectivity index (χ2n) is 9.14. The van der Waals surface area contributed by atoms with Crippen molar-refractivity contribution in [2.45, 2.75) is 167 Å². The molecule has 0 aromatic carbocycles. The summed E-state index contributed by atoms with van der Waals surface area (Å²) < 4.78 is 5.65. The van der Waals surface area contributed by atoms with Gasteiger partial charge in [0.2, 0.25) is 0 Å². The molecule has 2 heteroatoms. The molecule has 1 nitrogen and oxygen atoms in total. The second-order valence-corrected chi connectivity index (χ2v) is 10.9. The molecule has 30 heavy (non-hydrogen) atoms. The van der Waals surface area contributed by atoms with E-state index in [9.17, 15) is 0 Å². The van der Waals surface area contributed by atoms with Crippen molar-refractivity contribution in [3.63, 3.8) is 0 Å². The van der Waals surface area contributed by atoms with Gasteiger partial charge in [0, 0.05) is 13.2 Å². The van der Waals surface area contributed by atoms with Gasteiger partial charge >= 0.3 is 0 Å². The van der Waals surface area contributed by atoms with Crippen LogP contribution in [0.4, 0.5) is 0 Å². The molecule has 0 saturated carbocycles. The average Bonchev–Trinajstić information content (AvgIpc) is 2.76. The summed E-state index contributed by atoms with van der Waals surface area (Å²) in [5.74, 6) is 0. The third-order valence-electron chi connectivity index (χ3n) is 5.81. The molecule has 0 atom stereocenters. The lowest BCUT2D eigenvalue weighted by molar-refractivity contribution is 0.125. The zero-order chi connectivity index (χ0) is 22.4. The van der Waals surface area contributed by atoms with E-state index >= 15 is 0 Å². The van der Waals surface area contributed by atoms with Gasteiger partial charge in [-0.05, 0) is 12.8 Å². The first kappa shape index (κ1) is 32.7. The molecule has 0 fully saturated rings. The Kier molecular flexibility index (Phi) is 37.2. The minimum atomic E-state index is 0.805. The number of unbranched alkanes of at least 4 members (excludes halogenated alkanes) is 16. The van der Waals surface area contributed by atoms with Crippen molar-refractivity contribution in [2.24, 2.45) is 0 Å². The van der Waals surface area contributed by atoms with Gasteiger partial charge in [-0.3, -0.25) is 0 Å². The standard InChI is InChI=1S/C16H34O.2C6H13.Al/c1-3-5-7-9-11-13-15-17-16-14-12-10-8-6-4-2;2*1-3-5-6-4-2;/h3-16H2,1-2H3;2*1,3-6H2,2H3;. The predicted octanol–water partition coefficient (Wildman–Crippen LogP) is 10.4. The fourth-order valence-corrected chi connectivity index (χ4v) is 5.09. The summed E-state index contributed by atoms with van der Waals surface area (Å²) in [7, 11) is 0. The van der Waals surface area contributed by atoms with Crippen LogP contribution < -0.4 is 0 Å². The number of hydrogen-bond donors (Lipinski definition) is 0. The van der Waals surface area contributed by atoms with Gasteiger partial charge in [-0.15, -0.1) is 10.6 Å². The second kappa shape index (κ2) is 34.1. The van der Waals surface area contributed by atoms with E-state index in [0.29, 0.717) is 0 Å².